The van der Waals surface area contributed by atoms with Gasteiger partial charge in [0.2, 0.25) is 0 Å². The maximum atomic E-state index is 3.74. The SMILES string of the molecule is CC(N(C)Cc1ccc(CNC2CC2)cc1Br)C(C)(C)C. The first-order valence-electron chi connectivity index (χ1n) is 7.98. The van der Waals surface area contributed by atoms with E-state index in [2.05, 4.69) is 79.1 Å². The minimum Gasteiger partial charge on any atom is -0.310 e. The summed E-state index contributed by atoms with van der Waals surface area (Å²) in [6.45, 7) is 11.2. The van der Waals surface area contributed by atoms with E-state index < -0.39 is 0 Å². The molecule has 0 aromatic heterocycles. The second-order valence-corrected chi connectivity index (χ2v) is 8.39. The fourth-order valence-corrected chi connectivity index (χ4v) is 3.00. The van der Waals surface area contributed by atoms with Crippen molar-refractivity contribution in [2.24, 2.45) is 5.41 Å². The number of hydrogen-bond acceptors (Lipinski definition) is 2. The predicted molar refractivity (Wildman–Crippen MR) is 94.4 cm³/mol. The van der Waals surface area contributed by atoms with Crippen LogP contribution in [0.25, 0.3) is 0 Å². The zero-order valence-corrected chi connectivity index (χ0v) is 15.6. The maximum absolute atomic E-state index is 3.74. The molecule has 1 saturated carbocycles. The Kier molecular flexibility index (Phi) is 5.50. The van der Waals surface area contributed by atoms with Crippen molar-refractivity contribution >= 4 is 15.9 Å². The summed E-state index contributed by atoms with van der Waals surface area (Å²) in [4.78, 5) is 2.43. The van der Waals surface area contributed by atoms with Gasteiger partial charge in [0, 0.05) is 29.6 Å². The Morgan fingerprint density at radius 2 is 2.00 bits per heavy atom. The van der Waals surface area contributed by atoms with Crippen molar-refractivity contribution < 1.29 is 0 Å². The molecule has 2 rings (SSSR count). The molecule has 1 unspecified atom stereocenters. The van der Waals surface area contributed by atoms with Crippen molar-refractivity contribution in [2.45, 2.75) is 65.7 Å². The van der Waals surface area contributed by atoms with Gasteiger partial charge in [0.15, 0.2) is 0 Å². The Balaban J connectivity index is 1.96. The van der Waals surface area contributed by atoms with E-state index in [1.54, 1.807) is 0 Å². The predicted octanol–water partition coefficient (Wildman–Crippen LogP) is 4.57. The molecule has 0 bridgehead atoms. The van der Waals surface area contributed by atoms with Crippen LogP contribution in [-0.4, -0.2) is 24.0 Å². The average molecular weight is 353 g/mol. The fraction of sp³-hybridized carbons (Fsp3) is 0.667. The quantitative estimate of drug-likeness (QED) is 0.806. The van der Waals surface area contributed by atoms with Gasteiger partial charge >= 0.3 is 0 Å². The molecule has 118 valence electrons. The second-order valence-electron chi connectivity index (χ2n) is 7.54. The fourth-order valence-electron chi connectivity index (χ4n) is 2.45. The van der Waals surface area contributed by atoms with E-state index >= 15 is 0 Å². The average Bonchev–Trinajstić information content (AvgIpc) is 3.21. The van der Waals surface area contributed by atoms with Crippen LogP contribution in [0.15, 0.2) is 22.7 Å². The van der Waals surface area contributed by atoms with Crippen LogP contribution in [0.4, 0.5) is 0 Å². The summed E-state index contributed by atoms with van der Waals surface area (Å²) in [5.41, 5.74) is 3.03. The van der Waals surface area contributed by atoms with Gasteiger partial charge in [0.25, 0.3) is 0 Å². The van der Waals surface area contributed by atoms with E-state index in [1.807, 2.05) is 0 Å². The van der Waals surface area contributed by atoms with Crippen LogP contribution in [0.1, 0.15) is 51.7 Å². The zero-order valence-electron chi connectivity index (χ0n) is 14.0. The van der Waals surface area contributed by atoms with Crippen molar-refractivity contribution in [3.05, 3.63) is 33.8 Å². The molecule has 1 aromatic carbocycles. The van der Waals surface area contributed by atoms with Gasteiger partial charge in [-0.2, -0.15) is 0 Å². The number of hydrogen-bond donors (Lipinski definition) is 1. The van der Waals surface area contributed by atoms with Crippen LogP contribution in [0.2, 0.25) is 0 Å². The molecule has 1 fully saturated rings. The van der Waals surface area contributed by atoms with Gasteiger partial charge in [-0.25, -0.2) is 0 Å². The number of halogens is 1. The molecule has 1 aliphatic carbocycles. The number of nitrogens with zero attached hydrogens (tertiary/aromatic N) is 1. The lowest BCUT2D eigenvalue weighted by atomic mass is 9.87. The number of nitrogens with one attached hydrogen (secondary N) is 1. The smallest absolute Gasteiger partial charge is 0.0244 e. The van der Waals surface area contributed by atoms with Crippen LogP contribution in [0.3, 0.4) is 0 Å². The molecule has 0 heterocycles. The molecule has 1 aliphatic rings. The molecule has 0 amide bonds. The summed E-state index contributed by atoms with van der Waals surface area (Å²) >= 11 is 3.74. The first-order chi connectivity index (χ1) is 9.77. The van der Waals surface area contributed by atoms with Gasteiger partial charge in [0.05, 0.1) is 0 Å². The third-order valence-corrected chi connectivity index (χ3v) is 5.36. The Morgan fingerprint density at radius 1 is 1.33 bits per heavy atom. The lowest BCUT2D eigenvalue weighted by molar-refractivity contribution is 0.134. The van der Waals surface area contributed by atoms with Gasteiger partial charge in [0.1, 0.15) is 0 Å². The minimum atomic E-state index is 0.301. The lowest BCUT2D eigenvalue weighted by Crippen LogP contribution is -2.38. The minimum absolute atomic E-state index is 0.301. The van der Waals surface area contributed by atoms with Crippen LogP contribution >= 0.6 is 15.9 Å². The van der Waals surface area contributed by atoms with Crippen LogP contribution in [0.5, 0.6) is 0 Å². The molecule has 0 saturated heterocycles. The Morgan fingerprint density at radius 3 is 2.52 bits per heavy atom. The van der Waals surface area contributed by atoms with E-state index in [0.717, 1.165) is 19.1 Å². The third kappa shape index (κ3) is 5.08. The molecular formula is C18H29BrN2. The molecule has 1 aromatic rings. The maximum Gasteiger partial charge on any atom is 0.0244 e. The van der Waals surface area contributed by atoms with Crippen molar-refractivity contribution in [3.63, 3.8) is 0 Å². The van der Waals surface area contributed by atoms with Crippen LogP contribution in [0, 0.1) is 5.41 Å². The molecule has 1 N–H and O–H groups in total. The molecule has 0 spiro atoms. The Labute approximate surface area is 138 Å². The van der Waals surface area contributed by atoms with E-state index in [-0.39, 0.29) is 0 Å². The standard InChI is InChI=1S/C18H29BrN2/c1-13(18(2,3)4)21(5)12-15-7-6-14(10-17(15)19)11-20-16-8-9-16/h6-7,10,13,16,20H,8-9,11-12H2,1-5H3. The third-order valence-electron chi connectivity index (χ3n) is 4.62. The van der Waals surface area contributed by atoms with Crippen molar-refractivity contribution in [2.75, 3.05) is 7.05 Å². The molecule has 2 nitrogen and oxygen atoms in total. The van der Waals surface area contributed by atoms with E-state index in [0.29, 0.717) is 11.5 Å². The second kappa shape index (κ2) is 6.80. The summed E-state index contributed by atoms with van der Waals surface area (Å²) < 4.78 is 1.23. The monoisotopic (exact) mass is 352 g/mol. The summed E-state index contributed by atoms with van der Waals surface area (Å²) in [6, 6.07) is 8.09. The summed E-state index contributed by atoms with van der Waals surface area (Å²) in [7, 11) is 2.21. The Hall–Kier alpha value is -0.380. The first kappa shape index (κ1) is 17.0. The first-order valence-corrected chi connectivity index (χ1v) is 8.77. The van der Waals surface area contributed by atoms with Crippen LogP contribution < -0.4 is 5.32 Å². The van der Waals surface area contributed by atoms with Gasteiger partial charge in [-0.1, -0.05) is 48.8 Å². The van der Waals surface area contributed by atoms with E-state index in [1.165, 1.54) is 28.4 Å². The normalized spacial score (nSPS) is 17.3. The summed E-state index contributed by atoms with van der Waals surface area (Å²) in [5, 5.41) is 3.57. The molecule has 21 heavy (non-hydrogen) atoms. The highest BCUT2D eigenvalue weighted by Gasteiger charge is 2.24. The van der Waals surface area contributed by atoms with Crippen LogP contribution in [-0.2, 0) is 13.1 Å². The van der Waals surface area contributed by atoms with Crippen molar-refractivity contribution in [1.29, 1.82) is 0 Å². The highest BCUT2D eigenvalue weighted by Crippen LogP contribution is 2.27. The van der Waals surface area contributed by atoms with E-state index in [9.17, 15) is 0 Å². The molecular weight excluding hydrogens is 324 g/mol. The molecule has 1 atom stereocenters. The van der Waals surface area contributed by atoms with Crippen molar-refractivity contribution in [1.82, 2.24) is 10.2 Å². The van der Waals surface area contributed by atoms with Gasteiger partial charge in [-0.15, -0.1) is 0 Å². The molecule has 3 heteroatoms. The van der Waals surface area contributed by atoms with E-state index in [4.69, 9.17) is 0 Å². The number of rotatable bonds is 6. The zero-order chi connectivity index (χ0) is 15.6. The molecule has 0 aliphatic heterocycles. The van der Waals surface area contributed by atoms with Gasteiger partial charge in [-0.05, 0) is 49.4 Å². The lowest BCUT2D eigenvalue weighted by Gasteiger charge is -2.35. The summed E-state index contributed by atoms with van der Waals surface area (Å²) in [5.74, 6) is 0. The molecule has 0 radical (unpaired) electrons. The largest absolute Gasteiger partial charge is 0.310 e. The number of benzene rings is 1. The summed E-state index contributed by atoms with van der Waals surface area (Å²) in [6.07, 6.45) is 2.68. The Bertz CT molecular complexity index is 475. The highest BCUT2D eigenvalue weighted by atomic mass is 79.9. The topological polar surface area (TPSA) is 15.3 Å². The van der Waals surface area contributed by atoms with Gasteiger partial charge in [-0.3, -0.25) is 4.90 Å². The van der Waals surface area contributed by atoms with Crippen molar-refractivity contribution in [3.8, 4) is 0 Å². The van der Waals surface area contributed by atoms with Gasteiger partial charge < -0.3 is 5.32 Å². The highest BCUT2D eigenvalue weighted by molar-refractivity contribution is 9.10.